The number of aliphatic hydroxyl groups excluding tert-OH is 1. The first-order valence-corrected chi connectivity index (χ1v) is 12.7. The van der Waals surface area contributed by atoms with E-state index in [1.165, 1.54) is 5.56 Å². The number of anilines is 1. The quantitative estimate of drug-likeness (QED) is 0.387. The third-order valence-electron chi connectivity index (χ3n) is 6.33. The molecular formula is C27H30N4O2S. The number of benzene rings is 2. The predicted octanol–water partition coefficient (Wildman–Crippen LogP) is 4.67. The molecule has 1 saturated heterocycles. The second-order valence-corrected chi connectivity index (χ2v) is 9.66. The predicted molar refractivity (Wildman–Crippen MR) is 139 cm³/mol. The summed E-state index contributed by atoms with van der Waals surface area (Å²) in [5.74, 6) is 1.66. The fourth-order valence-electron chi connectivity index (χ4n) is 4.54. The molecule has 1 aliphatic heterocycles. The number of ether oxygens (including phenoxy) is 1. The van der Waals surface area contributed by atoms with Crippen LogP contribution in [0.5, 0.6) is 5.75 Å². The second-order valence-electron chi connectivity index (χ2n) is 8.80. The molecule has 1 aliphatic rings. The highest BCUT2D eigenvalue weighted by Gasteiger charge is 2.27. The zero-order valence-corrected chi connectivity index (χ0v) is 20.2. The number of hydrogen-bond donors (Lipinski definition) is 2. The van der Waals surface area contributed by atoms with Gasteiger partial charge in [-0.2, -0.15) is 0 Å². The van der Waals surface area contributed by atoms with Crippen LogP contribution in [0, 0.1) is 6.92 Å². The maximum atomic E-state index is 11.0. The second kappa shape index (κ2) is 10.5. The summed E-state index contributed by atoms with van der Waals surface area (Å²) < 4.78 is 5.89. The van der Waals surface area contributed by atoms with Crippen LogP contribution in [0.2, 0.25) is 0 Å². The van der Waals surface area contributed by atoms with Crippen LogP contribution in [-0.4, -0.2) is 53.5 Å². The summed E-state index contributed by atoms with van der Waals surface area (Å²) >= 11 is 1.64. The van der Waals surface area contributed by atoms with Crippen molar-refractivity contribution < 1.29 is 9.84 Å². The molecule has 6 nitrogen and oxygen atoms in total. The molecule has 176 valence electrons. The largest absolute Gasteiger partial charge is 0.491 e. The van der Waals surface area contributed by atoms with Gasteiger partial charge < -0.3 is 20.1 Å². The smallest absolute Gasteiger partial charge is 0.141 e. The summed E-state index contributed by atoms with van der Waals surface area (Å²) in [4.78, 5) is 12.6. The lowest BCUT2D eigenvalue weighted by Gasteiger charge is -2.37. The lowest BCUT2D eigenvalue weighted by atomic mass is 10.0. The fraction of sp³-hybridized carbons (Fsp3) is 0.333. The molecule has 5 rings (SSSR count). The zero-order valence-electron chi connectivity index (χ0n) is 19.4. The normalized spacial score (nSPS) is 15.4. The van der Waals surface area contributed by atoms with E-state index in [9.17, 15) is 5.11 Å². The number of piperidine rings is 1. The maximum Gasteiger partial charge on any atom is 0.141 e. The lowest BCUT2D eigenvalue weighted by Crippen LogP contribution is -2.47. The van der Waals surface area contributed by atoms with Crippen LogP contribution >= 0.6 is 11.3 Å². The maximum absolute atomic E-state index is 11.0. The molecule has 1 unspecified atom stereocenters. The summed E-state index contributed by atoms with van der Waals surface area (Å²) in [5.41, 5.74) is 3.47. The molecule has 34 heavy (non-hydrogen) atoms. The van der Waals surface area contributed by atoms with Crippen LogP contribution in [0.4, 0.5) is 5.82 Å². The lowest BCUT2D eigenvalue weighted by molar-refractivity contribution is 0.109. The molecule has 2 aromatic carbocycles. The number of aliphatic hydroxyl groups is 1. The van der Waals surface area contributed by atoms with E-state index in [2.05, 4.69) is 44.8 Å². The molecule has 1 atom stereocenters. The highest BCUT2D eigenvalue weighted by Crippen LogP contribution is 2.39. The van der Waals surface area contributed by atoms with E-state index in [1.54, 1.807) is 17.7 Å². The third kappa shape index (κ3) is 5.06. The third-order valence-corrected chi connectivity index (χ3v) is 7.21. The van der Waals surface area contributed by atoms with Gasteiger partial charge in [-0.15, -0.1) is 11.3 Å². The van der Waals surface area contributed by atoms with Crippen LogP contribution < -0.4 is 15.0 Å². The first-order chi connectivity index (χ1) is 16.7. The Balaban J connectivity index is 1.45. The number of rotatable bonds is 8. The molecule has 2 N–H and O–H groups in total. The van der Waals surface area contributed by atoms with E-state index in [-0.39, 0.29) is 12.6 Å². The minimum Gasteiger partial charge on any atom is -0.491 e. The Hall–Kier alpha value is -3.00. The molecule has 0 radical (unpaired) electrons. The Bertz CT molecular complexity index is 1210. The van der Waals surface area contributed by atoms with Gasteiger partial charge in [0.25, 0.3) is 0 Å². The average molecular weight is 475 g/mol. The monoisotopic (exact) mass is 474 g/mol. The number of fused-ring (bicyclic) bond motifs is 1. The van der Waals surface area contributed by atoms with Crippen LogP contribution in [-0.2, 0) is 0 Å². The average Bonchev–Trinajstić information content (AvgIpc) is 3.33. The number of aromatic nitrogens is 2. The first kappa shape index (κ1) is 22.8. The molecule has 0 spiro atoms. The van der Waals surface area contributed by atoms with E-state index in [0.717, 1.165) is 58.8 Å². The molecule has 0 amide bonds. The van der Waals surface area contributed by atoms with Crippen molar-refractivity contribution in [2.45, 2.75) is 31.9 Å². The van der Waals surface area contributed by atoms with E-state index >= 15 is 0 Å². The van der Waals surface area contributed by atoms with Crippen LogP contribution in [0.1, 0.15) is 18.4 Å². The van der Waals surface area contributed by atoms with Gasteiger partial charge in [0.05, 0.1) is 5.39 Å². The summed E-state index contributed by atoms with van der Waals surface area (Å²) in [5, 5.41) is 17.7. The van der Waals surface area contributed by atoms with Crippen LogP contribution in [0.3, 0.4) is 0 Å². The van der Waals surface area contributed by atoms with Gasteiger partial charge in [-0.3, -0.25) is 0 Å². The van der Waals surface area contributed by atoms with Crippen molar-refractivity contribution in [1.29, 1.82) is 0 Å². The van der Waals surface area contributed by atoms with Gasteiger partial charge in [0.1, 0.15) is 35.4 Å². The Kier molecular flexibility index (Phi) is 7.04. The molecule has 7 heteroatoms. The number of thiophene rings is 1. The standard InChI is InChI=1S/C27H30N4O2S/c1-19-7-9-23(10-8-19)33-16-22(32)15-31(21-11-13-28-14-12-21)26-25-24(20-5-3-2-4-6-20)17-34-27(25)30-18-29-26/h2-10,17-18,21-22,28,32H,11-16H2,1H3. The van der Waals surface area contributed by atoms with E-state index in [0.29, 0.717) is 6.54 Å². The Morgan fingerprint density at radius 3 is 2.62 bits per heavy atom. The van der Waals surface area contributed by atoms with Crippen molar-refractivity contribution in [3.05, 3.63) is 71.9 Å². The number of nitrogens with zero attached hydrogens (tertiary/aromatic N) is 3. The molecule has 3 heterocycles. The molecule has 0 saturated carbocycles. The Labute approximate surface area is 204 Å². The highest BCUT2D eigenvalue weighted by molar-refractivity contribution is 7.17. The fourth-order valence-corrected chi connectivity index (χ4v) is 5.45. The van der Waals surface area contributed by atoms with Crippen LogP contribution in [0.15, 0.2) is 66.3 Å². The summed E-state index contributed by atoms with van der Waals surface area (Å²) in [6.45, 7) is 4.65. The molecule has 2 aromatic heterocycles. The number of aryl methyl sites for hydroxylation is 1. The first-order valence-electron chi connectivity index (χ1n) is 11.8. The van der Waals surface area contributed by atoms with Crippen molar-refractivity contribution in [1.82, 2.24) is 15.3 Å². The summed E-state index contributed by atoms with van der Waals surface area (Å²) in [6.07, 6.45) is 3.00. The minimum absolute atomic E-state index is 0.230. The molecular weight excluding hydrogens is 444 g/mol. The van der Waals surface area contributed by atoms with Gasteiger partial charge in [0.2, 0.25) is 0 Å². The topological polar surface area (TPSA) is 70.5 Å². The molecule has 0 bridgehead atoms. The molecule has 1 fully saturated rings. The number of hydrogen-bond acceptors (Lipinski definition) is 7. The Morgan fingerprint density at radius 1 is 1.09 bits per heavy atom. The van der Waals surface area contributed by atoms with Gasteiger partial charge in [0, 0.05) is 23.5 Å². The van der Waals surface area contributed by atoms with Crippen molar-refractivity contribution in [2.75, 3.05) is 31.1 Å². The van der Waals surface area contributed by atoms with Gasteiger partial charge in [-0.25, -0.2) is 9.97 Å². The Morgan fingerprint density at radius 2 is 1.85 bits per heavy atom. The van der Waals surface area contributed by atoms with Gasteiger partial charge in [-0.05, 0) is 50.6 Å². The molecule has 4 aromatic rings. The minimum atomic E-state index is -0.653. The van der Waals surface area contributed by atoms with E-state index in [4.69, 9.17) is 9.72 Å². The SMILES string of the molecule is Cc1ccc(OCC(O)CN(c2ncnc3scc(-c4ccccc4)c23)C2CCNCC2)cc1. The van der Waals surface area contributed by atoms with Crippen molar-refractivity contribution in [3.8, 4) is 16.9 Å². The van der Waals surface area contributed by atoms with Crippen molar-refractivity contribution in [3.63, 3.8) is 0 Å². The van der Waals surface area contributed by atoms with Gasteiger partial charge >= 0.3 is 0 Å². The zero-order chi connectivity index (χ0) is 23.3. The van der Waals surface area contributed by atoms with E-state index < -0.39 is 6.10 Å². The van der Waals surface area contributed by atoms with Crippen molar-refractivity contribution >= 4 is 27.4 Å². The number of nitrogens with one attached hydrogen (secondary N) is 1. The van der Waals surface area contributed by atoms with Gasteiger partial charge in [-0.1, -0.05) is 48.0 Å². The van der Waals surface area contributed by atoms with Crippen molar-refractivity contribution in [2.24, 2.45) is 0 Å². The summed E-state index contributed by atoms with van der Waals surface area (Å²) in [7, 11) is 0. The van der Waals surface area contributed by atoms with E-state index in [1.807, 2.05) is 37.3 Å². The highest BCUT2D eigenvalue weighted by atomic mass is 32.1. The molecule has 0 aliphatic carbocycles. The van der Waals surface area contributed by atoms with Gasteiger partial charge in [0.15, 0.2) is 0 Å². The van der Waals surface area contributed by atoms with Crippen LogP contribution in [0.25, 0.3) is 21.3 Å². The summed E-state index contributed by atoms with van der Waals surface area (Å²) in [6, 6.07) is 18.6.